The monoisotopic (exact) mass is 294 g/mol. The molecule has 20 heavy (non-hydrogen) atoms. The number of rotatable bonds is 3. The number of carbonyl (C=O) groups is 1. The lowest BCUT2D eigenvalue weighted by atomic mass is 10.1. The predicted octanol–water partition coefficient (Wildman–Crippen LogP) is 0.387. The normalized spacial score (nSPS) is 11.2. The number of primary sulfonamides is 1. The van der Waals surface area contributed by atoms with Crippen molar-refractivity contribution in [2.45, 2.75) is 4.90 Å². The Hall–Kier alpha value is -2.45. The minimum atomic E-state index is -3.85. The molecule has 0 spiro atoms. The molecule has 0 amide bonds. The van der Waals surface area contributed by atoms with Gasteiger partial charge in [-0.1, -0.05) is 12.1 Å². The molecular formula is C12H10N2O5S. The largest absolute Gasteiger partial charge is 0.477 e. The summed E-state index contributed by atoms with van der Waals surface area (Å²) in [6.07, 6.45) is 0. The third kappa shape index (κ3) is 2.76. The van der Waals surface area contributed by atoms with Crippen molar-refractivity contribution < 1.29 is 18.3 Å². The Labute approximate surface area is 113 Å². The van der Waals surface area contributed by atoms with Crippen LogP contribution >= 0.6 is 0 Å². The van der Waals surface area contributed by atoms with E-state index in [9.17, 15) is 18.0 Å². The highest BCUT2D eigenvalue weighted by atomic mass is 32.2. The van der Waals surface area contributed by atoms with E-state index in [-0.39, 0.29) is 4.90 Å². The van der Waals surface area contributed by atoms with Crippen molar-refractivity contribution in [3.63, 3.8) is 0 Å². The minimum Gasteiger partial charge on any atom is -0.477 e. The van der Waals surface area contributed by atoms with Crippen LogP contribution in [0, 0.1) is 0 Å². The van der Waals surface area contributed by atoms with Crippen LogP contribution in [0.2, 0.25) is 0 Å². The van der Waals surface area contributed by atoms with Crippen LogP contribution in [-0.2, 0) is 10.0 Å². The van der Waals surface area contributed by atoms with Crippen molar-refractivity contribution in [2.75, 3.05) is 0 Å². The number of nitrogens with one attached hydrogen (secondary N) is 1. The van der Waals surface area contributed by atoms with E-state index in [0.717, 1.165) is 6.07 Å². The van der Waals surface area contributed by atoms with Gasteiger partial charge in [0.05, 0.1) is 4.90 Å². The molecule has 7 nitrogen and oxygen atoms in total. The summed E-state index contributed by atoms with van der Waals surface area (Å²) in [4.78, 5) is 24.6. The Balaban J connectivity index is 2.56. The molecular weight excluding hydrogens is 284 g/mol. The highest BCUT2D eigenvalue weighted by Crippen LogP contribution is 2.19. The zero-order valence-corrected chi connectivity index (χ0v) is 10.8. The fourth-order valence-corrected chi connectivity index (χ4v) is 2.21. The first kappa shape index (κ1) is 14.0. The molecule has 4 N–H and O–H groups in total. The van der Waals surface area contributed by atoms with Gasteiger partial charge in [0.25, 0.3) is 5.56 Å². The Morgan fingerprint density at radius 2 is 1.90 bits per heavy atom. The van der Waals surface area contributed by atoms with Crippen LogP contribution < -0.4 is 10.7 Å². The average molecular weight is 294 g/mol. The van der Waals surface area contributed by atoms with Crippen molar-refractivity contribution in [3.05, 3.63) is 52.3 Å². The summed E-state index contributed by atoms with van der Waals surface area (Å²) < 4.78 is 22.5. The Kier molecular flexibility index (Phi) is 3.43. The molecule has 0 aliphatic rings. The molecule has 0 aliphatic carbocycles. The smallest absolute Gasteiger partial charge is 0.341 e. The third-order valence-electron chi connectivity index (χ3n) is 2.61. The van der Waals surface area contributed by atoms with Crippen LogP contribution in [0.25, 0.3) is 11.3 Å². The first-order valence-electron chi connectivity index (χ1n) is 5.39. The summed E-state index contributed by atoms with van der Waals surface area (Å²) in [5, 5.41) is 13.8. The van der Waals surface area contributed by atoms with Gasteiger partial charge < -0.3 is 10.1 Å². The summed E-state index contributed by atoms with van der Waals surface area (Å²) in [6.45, 7) is 0. The van der Waals surface area contributed by atoms with Gasteiger partial charge in [-0.2, -0.15) is 0 Å². The summed E-state index contributed by atoms with van der Waals surface area (Å²) in [5.74, 6) is -1.34. The van der Waals surface area contributed by atoms with Crippen LogP contribution in [0.3, 0.4) is 0 Å². The molecule has 0 fully saturated rings. The van der Waals surface area contributed by atoms with Crippen LogP contribution in [0.1, 0.15) is 10.4 Å². The number of H-pyrrole nitrogens is 1. The number of benzene rings is 1. The topological polar surface area (TPSA) is 130 Å². The van der Waals surface area contributed by atoms with Gasteiger partial charge >= 0.3 is 5.97 Å². The molecule has 0 radical (unpaired) electrons. The molecule has 8 heteroatoms. The Morgan fingerprint density at radius 1 is 1.20 bits per heavy atom. The van der Waals surface area contributed by atoms with E-state index in [0.29, 0.717) is 11.3 Å². The fourth-order valence-electron chi connectivity index (χ4n) is 1.65. The van der Waals surface area contributed by atoms with Crippen molar-refractivity contribution in [3.8, 4) is 11.3 Å². The lowest BCUT2D eigenvalue weighted by Gasteiger charge is -2.04. The van der Waals surface area contributed by atoms with Crippen LogP contribution in [0.15, 0.2) is 46.1 Å². The van der Waals surface area contributed by atoms with E-state index in [1.54, 1.807) is 6.07 Å². The van der Waals surface area contributed by atoms with Crippen molar-refractivity contribution >= 4 is 16.0 Å². The number of carboxylic acid groups (broad SMARTS) is 1. The highest BCUT2D eigenvalue weighted by molar-refractivity contribution is 7.89. The lowest BCUT2D eigenvalue weighted by molar-refractivity contribution is 0.0695. The van der Waals surface area contributed by atoms with Gasteiger partial charge in [-0.25, -0.2) is 18.4 Å². The van der Waals surface area contributed by atoms with E-state index < -0.39 is 27.1 Å². The zero-order valence-electron chi connectivity index (χ0n) is 10.0. The van der Waals surface area contributed by atoms with Crippen molar-refractivity contribution in [1.82, 2.24) is 4.98 Å². The van der Waals surface area contributed by atoms with E-state index >= 15 is 0 Å². The number of pyridine rings is 1. The molecule has 1 aromatic carbocycles. The number of hydrogen-bond donors (Lipinski definition) is 3. The van der Waals surface area contributed by atoms with Crippen LogP contribution in [0.5, 0.6) is 0 Å². The SMILES string of the molecule is NS(=O)(=O)c1cccc(-c2ccc(C(=O)O)c(=O)[nH]2)c1. The standard InChI is InChI=1S/C12H10N2O5S/c13-20(18,19)8-3-1-2-7(6-8)10-5-4-9(12(16)17)11(15)14-10/h1-6H,(H,14,15)(H,16,17)(H2,13,18,19). The van der Waals surface area contributed by atoms with Gasteiger partial charge in [-0.3, -0.25) is 4.79 Å². The van der Waals surface area contributed by atoms with Crippen LogP contribution in [0.4, 0.5) is 0 Å². The van der Waals surface area contributed by atoms with E-state index in [4.69, 9.17) is 10.2 Å². The molecule has 1 aromatic heterocycles. The summed E-state index contributed by atoms with van der Waals surface area (Å²) in [5.41, 5.74) is -0.455. The van der Waals surface area contributed by atoms with Gasteiger partial charge in [0.2, 0.25) is 10.0 Å². The number of nitrogens with two attached hydrogens (primary N) is 1. The predicted molar refractivity (Wildman–Crippen MR) is 70.8 cm³/mol. The second-order valence-electron chi connectivity index (χ2n) is 3.99. The Morgan fingerprint density at radius 3 is 2.45 bits per heavy atom. The number of aromatic carboxylic acids is 1. The fraction of sp³-hybridized carbons (Fsp3) is 0. The molecule has 0 saturated carbocycles. The van der Waals surface area contributed by atoms with E-state index in [1.807, 2.05) is 0 Å². The molecule has 0 unspecified atom stereocenters. The third-order valence-corrected chi connectivity index (χ3v) is 3.52. The summed E-state index contributed by atoms with van der Waals surface area (Å²) >= 11 is 0. The molecule has 0 saturated heterocycles. The molecule has 104 valence electrons. The van der Waals surface area contributed by atoms with Gasteiger partial charge in [-0.15, -0.1) is 0 Å². The number of carboxylic acids is 1. The molecule has 2 aromatic rings. The number of aromatic nitrogens is 1. The maximum Gasteiger partial charge on any atom is 0.341 e. The summed E-state index contributed by atoms with van der Waals surface area (Å²) in [7, 11) is -3.85. The molecule has 0 aliphatic heterocycles. The maximum absolute atomic E-state index is 11.6. The maximum atomic E-state index is 11.6. The first-order valence-corrected chi connectivity index (χ1v) is 6.93. The molecule has 0 atom stereocenters. The van der Waals surface area contributed by atoms with Gasteiger partial charge in [0.1, 0.15) is 5.56 Å². The van der Waals surface area contributed by atoms with Crippen molar-refractivity contribution in [2.24, 2.45) is 5.14 Å². The molecule has 1 heterocycles. The minimum absolute atomic E-state index is 0.0989. The first-order chi connectivity index (χ1) is 9.29. The summed E-state index contributed by atoms with van der Waals surface area (Å²) in [6, 6.07) is 8.19. The van der Waals surface area contributed by atoms with Crippen LogP contribution in [-0.4, -0.2) is 24.5 Å². The van der Waals surface area contributed by atoms with E-state index in [2.05, 4.69) is 4.98 Å². The highest BCUT2D eigenvalue weighted by Gasteiger charge is 2.12. The average Bonchev–Trinajstić information content (AvgIpc) is 2.37. The number of sulfonamides is 1. The molecule has 0 bridgehead atoms. The second-order valence-corrected chi connectivity index (χ2v) is 5.55. The number of hydrogen-bond acceptors (Lipinski definition) is 4. The van der Waals surface area contributed by atoms with Crippen molar-refractivity contribution in [1.29, 1.82) is 0 Å². The number of aromatic amines is 1. The van der Waals surface area contributed by atoms with Gasteiger partial charge in [0.15, 0.2) is 0 Å². The van der Waals surface area contributed by atoms with Gasteiger partial charge in [-0.05, 0) is 29.8 Å². The quantitative estimate of drug-likeness (QED) is 0.753. The van der Waals surface area contributed by atoms with E-state index in [1.165, 1.54) is 24.3 Å². The second kappa shape index (κ2) is 4.91. The Bertz CT molecular complexity index is 839. The zero-order chi connectivity index (χ0) is 14.9. The van der Waals surface area contributed by atoms with Gasteiger partial charge in [0, 0.05) is 5.69 Å². The lowest BCUT2D eigenvalue weighted by Crippen LogP contribution is -2.17. The molecule has 2 rings (SSSR count).